The molecule has 20 heavy (non-hydrogen) atoms. The van der Waals surface area contributed by atoms with Crippen molar-refractivity contribution in [3.63, 3.8) is 0 Å². The van der Waals surface area contributed by atoms with Crippen molar-refractivity contribution < 1.29 is 14.3 Å². The molecule has 6 nitrogen and oxygen atoms in total. The minimum Gasteiger partial charge on any atom is -0.497 e. The molecule has 108 valence electrons. The number of hydrogen-bond donors (Lipinski definition) is 2. The van der Waals surface area contributed by atoms with Crippen LogP contribution in [0.3, 0.4) is 0 Å². The zero-order valence-corrected chi connectivity index (χ0v) is 11.8. The van der Waals surface area contributed by atoms with Gasteiger partial charge in [0.25, 0.3) is 0 Å². The number of amides is 2. The van der Waals surface area contributed by atoms with E-state index in [1.165, 1.54) is 6.21 Å². The Hall–Kier alpha value is -2.37. The molecule has 0 heterocycles. The van der Waals surface area contributed by atoms with Crippen LogP contribution in [-0.4, -0.2) is 31.7 Å². The molecule has 1 aromatic carbocycles. The Morgan fingerprint density at radius 1 is 1.25 bits per heavy atom. The van der Waals surface area contributed by atoms with E-state index >= 15 is 0 Å². The molecule has 2 amide bonds. The summed E-state index contributed by atoms with van der Waals surface area (Å²) >= 11 is 0. The van der Waals surface area contributed by atoms with Crippen LogP contribution in [0.15, 0.2) is 29.4 Å². The predicted octanol–water partition coefficient (Wildman–Crippen LogP) is 0.917. The monoisotopic (exact) mass is 277 g/mol. The Morgan fingerprint density at radius 2 is 1.90 bits per heavy atom. The Morgan fingerprint density at radius 3 is 2.45 bits per heavy atom. The van der Waals surface area contributed by atoms with E-state index in [4.69, 9.17) is 4.74 Å². The topological polar surface area (TPSA) is 79.8 Å². The maximum atomic E-state index is 11.4. The van der Waals surface area contributed by atoms with Gasteiger partial charge in [-0.1, -0.05) is 13.8 Å². The maximum Gasteiger partial charge on any atom is 0.329 e. The third kappa shape index (κ3) is 5.51. The van der Waals surface area contributed by atoms with E-state index in [0.29, 0.717) is 6.54 Å². The second-order valence-corrected chi connectivity index (χ2v) is 4.58. The fraction of sp³-hybridized carbons (Fsp3) is 0.357. The molecule has 6 heteroatoms. The number of nitrogens with one attached hydrogen (secondary N) is 2. The number of nitrogens with zero attached hydrogens (tertiary/aromatic N) is 1. The van der Waals surface area contributed by atoms with E-state index in [0.717, 1.165) is 11.3 Å². The van der Waals surface area contributed by atoms with Gasteiger partial charge in [0.2, 0.25) is 0 Å². The highest BCUT2D eigenvalue weighted by atomic mass is 16.5. The van der Waals surface area contributed by atoms with Gasteiger partial charge in [-0.05, 0) is 35.7 Å². The fourth-order valence-corrected chi connectivity index (χ4v) is 1.28. The molecule has 0 radical (unpaired) electrons. The molecule has 0 aromatic heterocycles. The number of hydrazone groups is 1. The Bertz CT molecular complexity index is 481. The molecule has 0 spiro atoms. The average Bonchev–Trinajstić information content (AvgIpc) is 2.45. The third-order valence-corrected chi connectivity index (χ3v) is 2.37. The van der Waals surface area contributed by atoms with E-state index in [2.05, 4.69) is 15.8 Å². The molecule has 0 aliphatic carbocycles. The number of carbonyl (C=O) groups excluding carboxylic acids is 2. The van der Waals surface area contributed by atoms with Gasteiger partial charge in [0, 0.05) is 6.54 Å². The predicted molar refractivity (Wildman–Crippen MR) is 76.6 cm³/mol. The lowest BCUT2D eigenvalue weighted by atomic mass is 10.2. The van der Waals surface area contributed by atoms with Crippen LogP contribution in [0, 0.1) is 5.92 Å². The number of carbonyl (C=O) groups is 2. The summed E-state index contributed by atoms with van der Waals surface area (Å²) < 4.78 is 5.02. The summed E-state index contributed by atoms with van der Waals surface area (Å²) in [4.78, 5) is 22.7. The van der Waals surface area contributed by atoms with Crippen molar-refractivity contribution in [2.45, 2.75) is 13.8 Å². The first-order valence-electron chi connectivity index (χ1n) is 6.28. The van der Waals surface area contributed by atoms with Crippen LogP contribution >= 0.6 is 0 Å². The minimum absolute atomic E-state index is 0.287. The lowest BCUT2D eigenvalue weighted by molar-refractivity contribution is -0.139. The summed E-state index contributed by atoms with van der Waals surface area (Å²) in [6.07, 6.45) is 1.45. The summed E-state index contributed by atoms with van der Waals surface area (Å²) in [7, 11) is 1.58. The van der Waals surface area contributed by atoms with Gasteiger partial charge in [-0.25, -0.2) is 5.43 Å². The number of rotatable bonds is 5. The van der Waals surface area contributed by atoms with Crippen LogP contribution < -0.4 is 15.5 Å². The van der Waals surface area contributed by atoms with Gasteiger partial charge in [-0.15, -0.1) is 0 Å². The normalized spacial score (nSPS) is 10.6. The molecule has 0 saturated carbocycles. The first-order chi connectivity index (χ1) is 9.52. The highest BCUT2D eigenvalue weighted by Gasteiger charge is 2.11. The molecule has 0 fully saturated rings. The second kappa shape index (κ2) is 7.93. The van der Waals surface area contributed by atoms with Crippen LogP contribution in [-0.2, 0) is 9.59 Å². The molecule has 0 atom stereocenters. The van der Waals surface area contributed by atoms with Gasteiger partial charge in [-0.3, -0.25) is 9.59 Å². The SMILES string of the molecule is COc1ccc(/C=N\NC(=O)C(=O)NCC(C)C)cc1. The zero-order chi connectivity index (χ0) is 15.0. The van der Waals surface area contributed by atoms with Crippen molar-refractivity contribution >= 4 is 18.0 Å². The van der Waals surface area contributed by atoms with Crippen LogP contribution in [0.4, 0.5) is 0 Å². The number of hydrogen-bond acceptors (Lipinski definition) is 4. The van der Waals surface area contributed by atoms with Crippen LogP contribution in [0.1, 0.15) is 19.4 Å². The lowest BCUT2D eigenvalue weighted by Crippen LogP contribution is -2.39. The average molecular weight is 277 g/mol. The van der Waals surface area contributed by atoms with E-state index in [1.807, 2.05) is 13.8 Å². The molecule has 0 saturated heterocycles. The molecule has 1 rings (SSSR count). The van der Waals surface area contributed by atoms with Crippen LogP contribution in [0.25, 0.3) is 0 Å². The van der Waals surface area contributed by atoms with E-state index in [-0.39, 0.29) is 5.92 Å². The molecule has 0 aliphatic heterocycles. The van der Waals surface area contributed by atoms with E-state index < -0.39 is 11.8 Å². The molecule has 1 aromatic rings. The third-order valence-electron chi connectivity index (χ3n) is 2.37. The van der Waals surface area contributed by atoms with Gasteiger partial charge in [0.15, 0.2) is 0 Å². The van der Waals surface area contributed by atoms with Gasteiger partial charge >= 0.3 is 11.8 Å². The van der Waals surface area contributed by atoms with Crippen LogP contribution in [0.5, 0.6) is 5.75 Å². The number of ether oxygens (including phenoxy) is 1. The van der Waals surface area contributed by atoms with E-state index in [1.54, 1.807) is 31.4 Å². The quantitative estimate of drug-likeness (QED) is 0.477. The summed E-state index contributed by atoms with van der Waals surface area (Å²) in [6, 6.07) is 7.12. The smallest absolute Gasteiger partial charge is 0.329 e. The summed E-state index contributed by atoms with van der Waals surface area (Å²) in [5, 5.41) is 6.22. The zero-order valence-electron chi connectivity index (χ0n) is 11.8. The van der Waals surface area contributed by atoms with Gasteiger partial charge < -0.3 is 10.1 Å². The molecule has 0 unspecified atom stereocenters. The summed E-state index contributed by atoms with van der Waals surface area (Å²) in [5.74, 6) is -0.449. The van der Waals surface area contributed by atoms with Crippen molar-refractivity contribution in [2.75, 3.05) is 13.7 Å². The largest absolute Gasteiger partial charge is 0.497 e. The second-order valence-electron chi connectivity index (χ2n) is 4.58. The minimum atomic E-state index is -0.782. The van der Waals surface area contributed by atoms with Crippen molar-refractivity contribution in [1.29, 1.82) is 0 Å². The highest BCUT2D eigenvalue weighted by molar-refractivity contribution is 6.35. The van der Waals surface area contributed by atoms with Crippen molar-refractivity contribution in [3.8, 4) is 5.75 Å². The van der Waals surface area contributed by atoms with E-state index in [9.17, 15) is 9.59 Å². The molecule has 0 aliphatic rings. The first kappa shape index (κ1) is 15.7. The Kier molecular flexibility index (Phi) is 6.22. The highest BCUT2D eigenvalue weighted by Crippen LogP contribution is 2.09. The molecular formula is C14H19N3O3. The molecule has 2 N–H and O–H groups in total. The number of benzene rings is 1. The molecular weight excluding hydrogens is 258 g/mol. The standard InChI is InChI=1S/C14H19N3O3/c1-10(2)8-15-13(18)14(19)17-16-9-11-4-6-12(20-3)7-5-11/h4-7,9-10H,8H2,1-3H3,(H,15,18)(H,17,19)/b16-9-. The number of methoxy groups -OCH3 is 1. The van der Waals surface area contributed by atoms with Gasteiger partial charge in [0.1, 0.15) is 5.75 Å². The fourth-order valence-electron chi connectivity index (χ4n) is 1.28. The first-order valence-corrected chi connectivity index (χ1v) is 6.28. The van der Waals surface area contributed by atoms with Crippen LogP contribution in [0.2, 0.25) is 0 Å². The lowest BCUT2D eigenvalue weighted by Gasteiger charge is -2.05. The molecule has 0 bridgehead atoms. The van der Waals surface area contributed by atoms with Crippen molar-refractivity contribution in [1.82, 2.24) is 10.7 Å². The summed E-state index contributed by atoms with van der Waals surface area (Å²) in [5.41, 5.74) is 2.96. The Labute approximate surface area is 118 Å². The maximum absolute atomic E-state index is 11.4. The van der Waals surface area contributed by atoms with Crippen molar-refractivity contribution in [2.24, 2.45) is 11.0 Å². The van der Waals surface area contributed by atoms with Gasteiger partial charge in [-0.2, -0.15) is 5.10 Å². The van der Waals surface area contributed by atoms with Gasteiger partial charge in [0.05, 0.1) is 13.3 Å². The van der Waals surface area contributed by atoms with Crippen molar-refractivity contribution in [3.05, 3.63) is 29.8 Å². The summed E-state index contributed by atoms with van der Waals surface area (Å²) in [6.45, 7) is 4.34. The Balaban J connectivity index is 2.42.